The van der Waals surface area contributed by atoms with Gasteiger partial charge in [0.25, 0.3) is 5.91 Å². The Labute approximate surface area is 145 Å². The minimum Gasteiger partial charge on any atom is -0.319 e. The summed E-state index contributed by atoms with van der Waals surface area (Å²) in [4.78, 5) is 12.0. The van der Waals surface area contributed by atoms with Crippen LogP contribution >= 0.6 is 11.6 Å². The normalized spacial score (nSPS) is 10.7. The third-order valence-electron chi connectivity index (χ3n) is 3.41. The van der Waals surface area contributed by atoms with Crippen molar-refractivity contribution in [3.05, 3.63) is 82.4 Å². The lowest BCUT2D eigenvalue weighted by molar-refractivity contribution is 0.102. The van der Waals surface area contributed by atoms with Gasteiger partial charge in [-0.1, -0.05) is 17.7 Å². The number of nitrogens with zero attached hydrogens (tertiary/aromatic N) is 2. The van der Waals surface area contributed by atoms with Gasteiger partial charge < -0.3 is 5.32 Å². The van der Waals surface area contributed by atoms with Crippen LogP contribution in [0.2, 0.25) is 5.02 Å². The molecule has 0 saturated heterocycles. The van der Waals surface area contributed by atoms with Gasteiger partial charge in [-0.3, -0.25) is 9.48 Å². The molecule has 25 heavy (non-hydrogen) atoms. The predicted molar refractivity (Wildman–Crippen MR) is 87.1 cm³/mol. The number of rotatable bonds is 4. The second kappa shape index (κ2) is 6.98. The molecule has 0 radical (unpaired) electrons. The molecule has 8 heteroatoms. The van der Waals surface area contributed by atoms with Crippen molar-refractivity contribution >= 4 is 23.2 Å². The number of halogens is 4. The molecule has 4 nitrogen and oxygen atoms in total. The number of amides is 1. The summed E-state index contributed by atoms with van der Waals surface area (Å²) in [6.07, 6.45) is 2.85. The zero-order chi connectivity index (χ0) is 18.0. The van der Waals surface area contributed by atoms with Gasteiger partial charge in [-0.05, 0) is 35.9 Å². The van der Waals surface area contributed by atoms with Crippen LogP contribution in [-0.2, 0) is 6.54 Å². The third kappa shape index (κ3) is 4.00. The molecule has 0 atom stereocenters. The van der Waals surface area contributed by atoms with E-state index >= 15 is 0 Å². The number of hydrogen-bond acceptors (Lipinski definition) is 2. The topological polar surface area (TPSA) is 46.9 Å². The van der Waals surface area contributed by atoms with Crippen molar-refractivity contribution in [3.8, 4) is 0 Å². The average Bonchev–Trinajstić information content (AvgIpc) is 2.99. The smallest absolute Gasteiger partial charge is 0.258 e. The number of hydrogen-bond donors (Lipinski definition) is 1. The monoisotopic (exact) mass is 365 g/mol. The van der Waals surface area contributed by atoms with Crippen molar-refractivity contribution in [3.63, 3.8) is 0 Å². The van der Waals surface area contributed by atoms with E-state index in [1.165, 1.54) is 35.3 Å². The number of aromatic nitrogens is 2. The fourth-order valence-electron chi connectivity index (χ4n) is 2.21. The molecule has 0 aliphatic heterocycles. The van der Waals surface area contributed by atoms with Crippen LogP contribution in [0.25, 0.3) is 0 Å². The van der Waals surface area contributed by atoms with Gasteiger partial charge in [0, 0.05) is 11.2 Å². The van der Waals surface area contributed by atoms with Crippen LogP contribution in [0.5, 0.6) is 0 Å². The summed E-state index contributed by atoms with van der Waals surface area (Å²) in [6.45, 7) is 0.253. The quantitative estimate of drug-likeness (QED) is 0.751. The van der Waals surface area contributed by atoms with E-state index in [4.69, 9.17) is 11.6 Å². The summed E-state index contributed by atoms with van der Waals surface area (Å²) in [5.41, 5.74) is 0.529. The van der Waals surface area contributed by atoms with Crippen LogP contribution in [0.1, 0.15) is 15.9 Å². The zero-order valence-electron chi connectivity index (χ0n) is 12.6. The van der Waals surface area contributed by atoms with Gasteiger partial charge >= 0.3 is 0 Å². The molecule has 1 amide bonds. The Morgan fingerprint density at radius 2 is 1.84 bits per heavy atom. The van der Waals surface area contributed by atoms with E-state index in [2.05, 4.69) is 10.4 Å². The molecule has 0 unspecified atom stereocenters. The maximum Gasteiger partial charge on any atom is 0.258 e. The second-order valence-electron chi connectivity index (χ2n) is 5.24. The molecule has 0 fully saturated rings. The van der Waals surface area contributed by atoms with Crippen molar-refractivity contribution in [2.75, 3.05) is 5.32 Å². The lowest BCUT2D eigenvalue weighted by atomic mass is 10.2. The largest absolute Gasteiger partial charge is 0.319 e. The van der Waals surface area contributed by atoms with Gasteiger partial charge in [-0.2, -0.15) is 5.10 Å². The number of nitrogens with one attached hydrogen (secondary N) is 1. The third-order valence-corrected chi connectivity index (χ3v) is 3.76. The first-order valence-electron chi connectivity index (χ1n) is 7.15. The molecule has 0 aliphatic rings. The molecule has 0 aliphatic carbocycles. The van der Waals surface area contributed by atoms with E-state index in [0.717, 1.165) is 18.2 Å². The molecule has 0 spiro atoms. The molecule has 1 heterocycles. The molecule has 128 valence electrons. The Morgan fingerprint density at radius 1 is 1.12 bits per heavy atom. The van der Waals surface area contributed by atoms with E-state index < -0.39 is 28.9 Å². The Bertz CT molecular complexity index is 943. The first kappa shape index (κ1) is 17.0. The molecular formula is C17H11ClF3N3O. The number of benzene rings is 2. The summed E-state index contributed by atoms with van der Waals surface area (Å²) in [7, 11) is 0. The highest BCUT2D eigenvalue weighted by Crippen LogP contribution is 2.19. The van der Waals surface area contributed by atoms with E-state index in [1.54, 1.807) is 0 Å². The summed E-state index contributed by atoms with van der Waals surface area (Å²) in [5.74, 6) is -2.78. The average molecular weight is 366 g/mol. The van der Waals surface area contributed by atoms with E-state index in [0.29, 0.717) is 11.3 Å². The summed E-state index contributed by atoms with van der Waals surface area (Å²) in [5, 5.41) is 6.73. The zero-order valence-corrected chi connectivity index (χ0v) is 13.4. The lowest BCUT2D eigenvalue weighted by Gasteiger charge is -2.05. The van der Waals surface area contributed by atoms with E-state index in [-0.39, 0.29) is 11.6 Å². The summed E-state index contributed by atoms with van der Waals surface area (Å²) < 4.78 is 41.3. The number of carbonyl (C=O) groups excluding carboxylic acids is 1. The molecule has 2 aromatic carbocycles. The predicted octanol–water partition coefficient (Wildman–Crippen LogP) is 4.25. The standard InChI is InChI=1S/C17H11ClF3N3O/c18-15-6-12(20)2-1-10(15)8-24-9-13(7-22-24)23-17(25)14-5-11(19)3-4-16(14)21/h1-7,9H,8H2,(H,23,25). The lowest BCUT2D eigenvalue weighted by Crippen LogP contribution is -2.13. The van der Waals surface area contributed by atoms with Crippen LogP contribution < -0.4 is 5.32 Å². The highest BCUT2D eigenvalue weighted by atomic mass is 35.5. The Morgan fingerprint density at radius 3 is 2.60 bits per heavy atom. The molecule has 1 N–H and O–H groups in total. The molecule has 3 aromatic rings. The van der Waals surface area contributed by atoms with Gasteiger partial charge in [0.2, 0.25) is 0 Å². The van der Waals surface area contributed by atoms with E-state index in [9.17, 15) is 18.0 Å². The van der Waals surface area contributed by atoms with Crippen LogP contribution in [0.15, 0.2) is 48.8 Å². The fraction of sp³-hybridized carbons (Fsp3) is 0.0588. The molecular weight excluding hydrogens is 355 g/mol. The van der Waals surface area contributed by atoms with Crippen molar-refractivity contribution in [1.29, 1.82) is 0 Å². The van der Waals surface area contributed by atoms with E-state index in [1.807, 2.05) is 0 Å². The Kier molecular flexibility index (Phi) is 4.76. The molecule has 0 saturated carbocycles. The maximum absolute atomic E-state index is 13.6. The number of anilines is 1. The number of carbonyl (C=O) groups is 1. The van der Waals surface area contributed by atoms with Gasteiger partial charge in [0.05, 0.1) is 24.0 Å². The minimum absolute atomic E-state index is 0.253. The summed E-state index contributed by atoms with van der Waals surface area (Å²) >= 11 is 5.95. The van der Waals surface area contributed by atoms with Crippen molar-refractivity contribution in [2.45, 2.75) is 6.54 Å². The first-order chi connectivity index (χ1) is 11.9. The Hall–Kier alpha value is -2.80. The van der Waals surface area contributed by atoms with Crippen molar-refractivity contribution in [2.24, 2.45) is 0 Å². The van der Waals surface area contributed by atoms with Gasteiger partial charge in [-0.15, -0.1) is 0 Å². The van der Waals surface area contributed by atoms with Gasteiger partial charge in [-0.25, -0.2) is 13.2 Å². The first-order valence-corrected chi connectivity index (χ1v) is 7.53. The fourth-order valence-corrected chi connectivity index (χ4v) is 2.44. The molecule has 1 aromatic heterocycles. The Balaban J connectivity index is 1.73. The van der Waals surface area contributed by atoms with Crippen LogP contribution in [0.4, 0.5) is 18.9 Å². The maximum atomic E-state index is 13.6. The van der Waals surface area contributed by atoms with Crippen LogP contribution in [-0.4, -0.2) is 15.7 Å². The highest BCUT2D eigenvalue weighted by molar-refractivity contribution is 6.31. The van der Waals surface area contributed by atoms with Crippen molar-refractivity contribution in [1.82, 2.24) is 9.78 Å². The minimum atomic E-state index is -0.829. The van der Waals surface area contributed by atoms with Gasteiger partial charge in [0.1, 0.15) is 17.5 Å². The second-order valence-corrected chi connectivity index (χ2v) is 5.65. The van der Waals surface area contributed by atoms with Crippen molar-refractivity contribution < 1.29 is 18.0 Å². The molecule has 3 rings (SSSR count). The van der Waals surface area contributed by atoms with Gasteiger partial charge in [0.15, 0.2) is 0 Å². The molecule has 0 bridgehead atoms. The highest BCUT2D eigenvalue weighted by Gasteiger charge is 2.14. The van der Waals surface area contributed by atoms with Crippen LogP contribution in [0, 0.1) is 17.5 Å². The summed E-state index contributed by atoms with van der Waals surface area (Å²) in [6, 6.07) is 6.61. The SMILES string of the molecule is O=C(Nc1cnn(Cc2ccc(F)cc2Cl)c1)c1cc(F)ccc1F. The van der Waals surface area contributed by atoms with Crippen LogP contribution in [0.3, 0.4) is 0 Å².